The Kier molecular flexibility index (Phi) is 10.4. The van der Waals surface area contributed by atoms with E-state index in [1.807, 2.05) is 37.3 Å². The van der Waals surface area contributed by atoms with Crippen molar-refractivity contribution in [1.29, 1.82) is 0 Å². The summed E-state index contributed by atoms with van der Waals surface area (Å²) in [6, 6.07) is 13.4. The highest BCUT2D eigenvalue weighted by Crippen LogP contribution is 2.32. The van der Waals surface area contributed by atoms with Gasteiger partial charge in [-0.1, -0.05) is 56.5 Å². The predicted molar refractivity (Wildman–Crippen MR) is 148 cm³/mol. The lowest BCUT2D eigenvalue weighted by atomic mass is 9.95. The molecule has 1 aliphatic carbocycles. The zero-order valence-electron chi connectivity index (χ0n) is 22.7. The maximum atomic E-state index is 13.8. The van der Waals surface area contributed by atoms with E-state index in [9.17, 15) is 18.0 Å². The van der Waals surface area contributed by atoms with Gasteiger partial charge in [0.1, 0.15) is 12.6 Å². The number of hydrogen-bond acceptors (Lipinski definition) is 6. The van der Waals surface area contributed by atoms with Crippen LogP contribution in [0.4, 0.5) is 5.69 Å². The SMILES string of the molecule is CC[C@@H](C(=O)NC1CCCCC1)N(Cc1ccccc1)C(=O)CN(c1ccc(OC)c(OC)c1)S(C)(=O)=O. The number of sulfonamides is 1. The molecule has 1 saturated carbocycles. The first-order valence-corrected chi connectivity index (χ1v) is 14.9. The van der Waals surface area contributed by atoms with Gasteiger partial charge in [-0.05, 0) is 37.0 Å². The van der Waals surface area contributed by atoms with Gasteiger partial charge in [-0.3, -0.25) is 13.9 Å². The molecule has 0 heterocycles. The molecule has 0 spiro atoms. The van der Waals surface area contributed by atoms with Crippen LogP contribution in [0.5, 0.6) is 11.5 Å². The standard InChI is InChI=1S/C28H39N3O6S/c1-5-24(28(33)29-22-14-10-7-11-15-22)30(19-21-12-8-6-9-13-21)27(32)20-31(38(4,34)35)23-16-17-25(36-2)26(18-23)37-3/h6,8-9,12-13,16-18,22,24H,5,7,10-11,14-15,19-20H2,1-4H3,(H,29,33)/t24-/m0/s1. The van der Waals surface area contributed by atoms with Gasteiger partial charge in [-0.15, -0.1) is 0 Å². The van der Waals surface area contributed by atoms with Gasteiger partial charge in [0.05, 0.1) is 26.2 Å². The summed E-state index contributed by atoms with van der Waals surface area (Å²) in [5.74, 6) is 0.0955. The quantitative estimate of drug-likeness (QED) is 0.436. The van der Waals surface area contributed by atoms with Crippen molar-refractivity contribution >= 4 is 27.5 Å². The number of methoxy groups -OCH3 is 2. The minimum Gasteiger partial charge on any atom is -0.493 e. The molecule has 10 heteroatoms. The molecule has 2 aromatic carbocycles. The van der Waals surface area contributed by atoms with Crippen molar-refractivity contribution in [2.45, 2.75) is 64.1 Å². The Morgan fingerprint density at radius 1 is 1.00 bits per heavy atom. The molecule has 1 atom stereocenters. The first-order valence-electron chi connectivity index (χ1n) is 13.0. The molecule has 9 nitrogen and oxygen atoms in total. The van der Waals surface area contributed by atoms with E-state index in [-0.39, 0.29) is 24.2 Å². The fraction of sp³-hybridized carbons (Fsp3) is 0.500. The number of carbonyl (C=O) groups excluding carboxylic acids is 2. The molecule has 0 radical (unpaired) electrons. The second kappa shape index (κ2) is 13.5. The van der Waals surface area contributed by atoms with Crippen molar-refractivity contribution < 1.29 is 27.5 Å². The maximum absolute atomic E-state index is 13.8. The minimum atomic E-state index is -3.85. The van der Waals surface area contributed by atoms with Crippen molar-refractivity contribution in [2.24, 2.45) is 0 Å². The lowest BCUT2D eigenvalue weighted by Crippen LogP contribution is -2.53. The third-order valence-corrected chi connectivity index (χ3v) is 8.01. The number of anilines is 1. The van der Waals surface area contributed by atoms with Crippen LogP contribution in [0.3, 0.4) is 0 Å². The molecule has 1 aliphatic rings. The van der Waals surface area contributed by atoms with Crippen molar-refractivity contribution in [3.8, 4) is 11.5 Å². The summed E-state index contributed by atoms with van der Waals surface area (Å²) in [5.41, 5.74) is 1.11. The molecule has 1 N–H and O–H groups in total. The average molecular weight is 546 g/mol. The summed E-state index contributed by atoms with van der Waals surface area (Å²) in [4.78, 5) is 28.7. The van der Waals surface area contributed by atoms with Crippen LogP contribution in [0.25, 0.3) is 0 Å². The van der Waals surface area contributed by atoms with Crippen LogP contribution in [0.1, 0.15) is 51.0 Å². The minimum absolute atomic E-state index is 0.0956. The van der Waals surface area contributed by atoms with Gasteiger partial charge in [0.25, 0.3) is 0 Å². The molecule has 0 aliphatic heterocycles. The topological polar surface area (TPSA) is 105 Å². The Balaban J connectivity index is 1.92. The second-order valence-corrected chi connectivity index (χ2v) is 11.5. The van der Waals surface area contributed by atoms with Crippen molar-refractivity contribution in [3.05, 3.63) is 54.1 Å². The molecular weight excluding hydrogens is 506 g/mol. The van der Waals surface area contributed by atoms with E-state index >= 15 is 0 Å². The summed E-state index contributed by atoms with van der Waals surface area (Å²) < 4.78 is 37.3. The molecule has 38 heavy (non-hydrogen) atoms. The Labute approximate surface area is 226 Å². The third kappa shape index (κ3) is 7.63. The van der Waals surface area contributed by atoms with Crippen LogP contribution in [0.2, 0.25) is 0 Å². The monoisotopic (exact) mass is 545 g/mol. The van der Waals surface area contributed by atoms with Gasteiger partial charge in [-0.25, -0.2) is 8.42 Å². The van der Waals surface area contributed by atoms with Crippen LogP contribution in [-0.2, 0) is 26.2 Å². The molecule has 2 aromatic rings. The number of carbonyl (C=O) groups is 2. The van der Waals surface area contributed by atoms with Crippen LogP contribution in [0, 0.1) is 0 Å². The van der Waals surface area contributed by atoms with Gasteiger partial charge in [0.2, 0.25) is 21.8 Å². The van der Waals surface area contributed by atoms with Gasteiger partial charge in [-0.2, -0.15) is 0 Å². The fourth-order valence-electron chi connectivity index (χ4n) is 4.84. The molecule has 208 valence electrons. The van der Waals surface area contributed by atoms with Crippen molar-refractivity contribution in [3.63, 3.8) is 0 Å². The number of nitrogens with zero attached hydrogens (tertiary/aromatic N) is 2. The van der Waals surface area contributed by atoms with E-state index in [1.165, 1.54) is 31.6 Å². The van der Waals surface area contributed by atoms with Crippen LogP contribution in [0.15, 0.2) is 48.5 Å². The smallest absolute Gasteiger partial charge is 0.244 e. The Hall–Kier alpha value is -3.27. The van der Waals surface area contributed by atoms with E-state index < -0.39 is 28.5 Å². The second-order valence-electron chi connectivity index (χ2n) is 9.58. The van der Waals surface area contributed by atoms with Gasteiger partial charge >= 0.3 is 0 Å². The highest BCUT2D eigenvalue weighted by Gasteiger charge is 2.33. The maximum Gasteiger partial charge on any atom is 0.244 e. The van der Waals surface area contributed by atoms with Crippen molar-refractivity contribution in [1.82, 2.24) is 10.2 Å². The lowest BCUT2D eigenvalue weighted by molar-refractivity contribution is -0.140. The van der Waals surface area contributed by atoms with E-state index in [4.69, 9.17) is 9.47 Å². The first kappa shape index (κ1) is 29.3. The van der Waals surface area contributed by atoms with Gasteiger partial charge < -0.3 is 19.7 Å². The molecule has 0 bridgehead atoms. The average Bonchev–Trinajstić information content (AvgIpc) is 2.91. The van der Waals surface area contributed by atoms with E-state index in [0.29, 0.717) is 17.9 Å². The fourth-order valence-corrected chi connectivity index (χ4v) is 5.68. The molecule has 3 rings (SSSR count). The Morgan fingerprint density at radius 2 is 1.66 bits per heavy atom. The van der Waals surface area contributed by atoms with Crippen LogP contribution in [-0.4, -0.2) is 64.2 Å². The number of benzene rings is 2. The number of amides is 2. The van der Waals surface area contributed by atoms with E-state index in [1.54, 1.807) is 12.1 Å². The molecule has 2 amide bonds. The van der Waals surface area contributed by atoms with E-state index in [0.717, 1.165) is 41.8 Å². The zero-order chi connectivity index (χ0) is 27.7. The summed E-state index contributed by atoms with van der Waals surface area (Å²) in [7, 11) is -0.910. The summed E-state index contributed by atoms with van der Waals surface area (Å²) in [5, 5.41) is 3.14. The van der Waals surface area contributed by atoms with Crippen LogP contribution < -0.4 is 19.1 Å². The summed E-state index contributed by atoms with van der Waals surface area (Å²) >= 11 is 0. The number of ether oxygens (including phenoxy) is 2. The molecule has 0 unspecified atom stereocenters. The van der Waals surface area contributed by atoms with Crippen LogP contribution >= 0.6 is 0 Å². The Morgan fingerprint density at radius 3 is 2.24 bits per heavy atom. The highest BCUT2D eigenvalue weighted by atomic mass is 32.2. The molecular formula is C28H39N3O6S. The molecule has 0 aromatic heterocycles. The largest absolute Gasteiger partial charge is 0.493 e. The summed E-state index contributed by atoms with van der Waals surface area (Å²) in [6.45, 7) is 1.58. The predicted octanol–water partition coefficient (Wildman–Crippen LogP) is 3.73. The number of rotatable bonds is 12. The Bertz CT molecular complexity index is 1180. The van der Waals surface area contributed by atoms with Gasteiger partial charge in [0, 0.05) is 18.7 Å². The lowest BCUT2D eigenvalue weighted by Gasteiger charge is -2.34. The molecule has 0 saturated heterocycles. The van der Waals surface area contributed by atoms with E-state index in [2.05, 4.69) is 5.32 Å². The highest BCUT2D eigenvalue weighted by molar-refractivity contribution is 7.92. The zero-order valence-corrected chi connectivity index (χ0v) is 23.5. The number of hydrogen-bond donors (Lipinski definition) is 1. The number of nitrogens with one attached hydrogen (secondary N) is 1. The summed E-state index contributed by atoms with van der Waals surface area (Å²) in [6.07, 6.45) is 6.61. The van der Waals surface area contributed by atoms with Crippen molar-refractivity contribution in [2.75, 3.05) is 31.3 Å². The normalized spacial score (nSPS) is 14.8. The first-order chi connectivity index (χ1) is 18.2. The molecule has 1 fully saturated rings. The van der Waals surface area contributed by atoms with Gasteiger partial charge in [0.15, 0.2) is 11.5 Å². The third-order valence-electron chi connectivity index (χ3n) is 6.87.